The van der Waals surface area contributed by atoms with Crippen LogP contribution in [0.5, 0.6) is 0 Å². The fourth-order valence-corrected chi connectivity index (χ4v) is 1.60. The molecule has 1 fully saturated rings. The van der Waals surface area contributed by atoms with Gasteiger partial charge < -0.3 is 4.90 Å². The third kappa shape index (κ3) is 1.40. The van der Waals surface area contributed by atoms with Crippen LogP contribution in [0.25, 0.3) is 0 Å². The van der Waals surface area contributed by atoms with E-state index in [-0.39, 0.29) is 0 Å². The molecule has 1 heteroatoms. The van der Waals surface area contributed by atoms with Gasteiger partial charge in [0.25, 0.3) is 0 Å². The quantitative estimate of drug-likeness (QED) is 0.541. The molecule has 58 valence electrons. The highest BCUT2D eigenvalue weighted by Crippen LogP contribution is 2.28. The molecule has 0 radical (unpaired) electrons. The molecule has 0 saturated heterocycles. The van der Waals surface area contributed by atoms with Gasteiger partial charge in [-0.15, -0.1) is 0 Å². The van der Waals surface area contributed by atoms with E-state index in [2.05, 4.69) is 25.3 Å². The number of nitrogens with zero attached hydrogens (tertiary/aromatic N) is 1. The Morgan fingerprint density at radius 3 is 2.20 bits per heavy atom. The molecule has 0 unspecified atom stereocenters. The number of hydrogen-bond donors (Lipinski definition) is 0. The van der Waals surface area contributed by atoms with Crippen molar-refractivity contribution in [3.05, 3.63) is 12.2 Å². The first-order valence-electron chi connectivity index (χ1n) is 4.18. The maximum atomic E-state index is 3.93. The van der Waals surface area contributed by atoms with Crippen LogP contribution in [0.15, 0.2) is 12.2 Å². The molecule has 1 rings (SSSR count). The van der Waals surface area contributed by atoms with Gasteiger partial charge in [0.05, 0.1) is 0 Å². The van der Waals surface area contributed by atoms with Crippen molar-refractivity contribution in [1.82, 2.24) is 4.90 Å². The summed E-state index contributed by atoms with van der Waals surface area (Å²) in [4.78, 5) is 2.51. The van der Waals surface area contributed by atoms with Crippen LogP contribution in [-0.4, -0.2) is 24.0 Å². The Labute approximate surface area is 63.7 Å². The molecule has 1 saturated carbocycles. The van der Waals surface area contributed by atoms with Gasteiger partial charge in [-0.1, -0.05) is 26.0 Å². The standard InChI is InChI=1S/C9H17N/c1-4-10(5-2)9-6-8(3)7-9/h9H,3-7H2,1-2H3. The van der Waals surface area contributed by atoms with E-state index in [0.717, 1.165) is 6.04 Å². The molecule has 0 N–H and O–H groups in total. The number of rotatable bonds is 3. The molecule has 10 heavy (non-hydrogen) atoms. The second kappa shape index (κ2) is 3.20. The fraction of sp³-hybridized carbons (Fsp3) is 0.778. The summed E-state index contributed by atoms with van der Waals surface area (Å²) in [6.45, 7) is 10.8. The van der Waals surface area contributed by atoms with E-state index in [0.29, 0.717) is 0 Å². The molecule has 0 heterocycles. The second-order valence-corrected chi connectivity index (χ2v) is 3.03. The summed E-state index contributed by atoms with van der Waals surface area (Å²) in [5.74, 6) is 0. The monoisotopic (exact) mass is 139 g/mol. The molecule has 0 aromatic rings. The maximum absolute atomic E-state index is 3.93. The first-order valence-corrected chi connectivity index (χ1v) is 4.18. The lowest BCUT2D eigenvalue weighted by molar-refractivity contribution is 0.180. The zero-order valence-corrected chi connectivity index (χ0v) is 7.06. The van der Waals surface area contributed by atoms with Crippen molar-refractivity contribution in [3.63, 3.8) is 0 Å². The first-order chi connectivity index (χ1) is 4.77. The van der Waals surface area contributed by atoms with E-state index in [4.69, 9.17) is 0 Å². The zero-order valence-electron chi connectivity index (χ0n) is 7.06. The summed E-state index contributed by atoms with van der Waals surface area (Å²) in [5, 5.41) is 0. The molecular weight excluding hydrogens is 122 g/mol. The molecule has 0 aromatic heterocycles. The van der Waals surface area contributed by atoms with Gasteiger partial charge in [0, 0.05) is 6.04 Å². The van der Waals surface area contributed by atoms with Crippen molar-refractivity contribution in [1.29, 1.82) is 0 Å². The molecular formula is C9H17N. The number of hydrogen-bond acceptors (Lipinski definition) is 1. The highest BCUT2D eigenvalue weighted by molar-refractivity contribution is 5.11. The normalized spacial score (nSPS) is 19.7. The average molecular weight is 139 g/mol. The van der Waals surface area contributed by atoms with E-state index in [1.807, 2.05) is 0 Å². The summed E-state index contributed by atoms with van der Waals surface area (Å²) >= 11 is 0. The largest absolute Gasteiger partial charge is 0.300 e. The van der Waals surface area contributed by atoms with Gasteiger partial charge in [0.1, 0.15) is 0 Å². The second-order valence-electron chi connectivity index (χ2n) is 3.03. The zero-order chi connectivity index (χ0) is 7.56. The molecule has 1 nitrogen and oxygen atoms in total. The molecule has 0 aliphatic heterocycles. The third-order valence-corrected chi connectivity index (χ3v) is 2.38. The van der Waals surface area contributed by atoms with Crippen LogP contribution in [-0.2, 0) is 0 Å². The molecule has 0 aromatic carbocycles. The highest BCUT2D eigenvalue weighted by Gasteiger charge is 2.25. The Balaban J connectivity index is 2.27. The van der Waals surface area contributed by atoms with Gasteiger partial charge in [0.15, 0.2) is 0 Å². The van der Waals surface area contributed by atoms with Gasteiger partial charge >= 0.3 is 0 Å². The maximum Gasteiger partial charge on any atom is 0.0169 e. The topological polar surface area (TPSA) is 3.24 Å². The van der Waals surface area contributed by atoms with Gasteiger partial charge in [-0.05, 0) is 25.9 Å². The predicted molar refractivity (Wildman–Crippen MR) is 45.1 cm³/mol. The molecule has 1 aliphatic carbocycles. The van der Waals surface area contributed by atoms with E-state index in [1.54, 1.807) is 0 Å². The van der Waals surface area contributed by atoms with E-state index in [9.17, 15) is 0 Å². The minimum Gasteiger partial charge on any atom is -0.300 e. The van der Waals surface area contributed by atoms with Crippen LogP contribution in [0.1, 0.15) is 26.7 Å². The Morgan fingerprint density at radius 1 is 1.40 bits per heavy atom. The van der Waals surface area contributed by atoms with Crippen LogP contribution in [0.4, 0.5) is 0 Å². The van der Waals surface area contributed by atoms with Crippen LogP contribution in [0, 0.1) is 0 Å². The minimum atomic E-state index is 0.822. The molecule has 0 spiro atoms. The van der Waals surface area contributed by atoms with Crippen LogP contribution in [0.2, 0.25) is 0 Å². The smallest absolute Gasteiger partial charge is 0.0169 e. The van der Waals surface area contributed by atoms with Gasteiger partial charge in [-0.3, -0.25) is 0 Å². The van der Waals surface area contributed by atoms with Crippen LogP contribution >= 0.6 is 0 Å². The van der Waals surface area contributed by atoms with Crippen molar-refractivity contribution in [3.8, 4) is 0 Å². The Morgan fingerprint density at radius 2 is 1.90 bits per heavy atom. The SMILES string of the molecule is C=C1CC(N(CC)CC)C1. The molecule has 0 bridgehead atoms. The van der Waals surface area contributed by atoms with E-state index < -0.39 is 0 Å². The summed E-state index contributed by atoms with van der Waals surface area (Å²) in [7, 11) is 0. The lowest BCUT2D eigenvalue weighted by Crippen LogP contribution is -2.40. The first kappa shape index (κ1) is 7.80. The van der Waals surface area contributed by atoms with Gasteiger partial charge in [-0.2, -0.15) is 0 Å². The minimum absolute atomic E-state index is 0.822. The van der Waals surface area contributed by atoms with E-state index >= 15 is 0 Å². The van der Waals surface area contributed by atoms with Gasteiger partial charge in [-0.25, -0.2) is 0 Å². The lowest BCUT2D eigenvalue weighted by atomic mass is 9.86. The summed E-state index contributed by atoms with van der Waals surface area (Å²) < 4.78 is 0. The van der Waals surface area contributed by atoms with Crippen molar-refractivity contribution >= 4 is 0 Å². The third-order valence-electron chi connectivity index (χ3n) is 2.38. The van der Waals surface area contributed by atoms with Crippen LogP contribution < -0.4 is 0 Å². The summed E-state index contributed by atoms with van der Waals surface area (Å²) in [5.41, 5.74) is 1.43. The lowest BCUT2D eigenvalue weighted by Gasteiger charge is -2.37. The Bertz CT molecular complexity index is 117. The summed E-state index contributed by atoms with van der Waals surface area (Å²) in [6.07, 6.45) is 2.48. The Kier molecular flexibility index (Phi) is 2.50. The summed E-state index contributed by atoms with van der Waals surface area (Å²) in [6, 6.07) is 0.822. The van der Waals surface area contributed by atoms with Crippen LogP contribution in [0.3, 0.4) is 0 Å². The fourth-order valence-electron chi connectivity index (χ4n) is 1.60. The molecule has 0 amide bonds. The molecule has 0 atom stereocenters. The highest BCUT2D eigenvalue weighted by atomic mass is 15.1. The van der Waals surface area contributed by atoms with E-state index in [1.165, 1.54) is 31.5 Å². The van der Waals surface area contributed by atoms with Crippen molar-refractivity contribution in [2.75, 3.05) is 13.1 Å². The van der Waals surface area contributed by atoms with Crippen molar-refractivity contribution in [2.24, 2.45) is 0 Å². The molecule has 1 aliphatic rings. The van der Waals surface area contributed by atoms with Crippen molar-refractivity contribution in [2.45, 2.75) is 32.7 Å². The average Bonchev–Trinajstić information content (AvgIpc) is 1.87. The van der Waals surface area contributed by atoms with Gasteiger partial charge in [0.2, 0.25) is 0 Å². The predicted octanol–water partition coefficient (Wildman–Crippen LogP) is 2.05. The van der Waals surface area contributed by atoms with Crippen molar-refractivity contribution < 1.29 is 0 Å². The Hall–Kier alpha value is -0.300.